The average molecular weight is 305 g/mol. The molecule has 0 radical (unpaired) electrons. The highest BCUT2D eigenvalue weighted by molar-refractivity contribution is 6.30. The first-order valence-electron chi connectivity index (χ1n) is 6.58. The number of aromatic carboxylic acids is 1. The lowest BCUT2D eigenvalue weighted by atomic mass is 10.1. The van der Waals surface area contributed by atoms with E-state index in [1.165, 1.54) is 6.20 Å². The van der Waals surface area contributed by atoms with Crippen LogP contribution < -0.4 is 4.90 Å². The molecular formula is C16H17ClN2O2. The minimum Gasteiger partial charge on any atom is -0.478 e. The molecule has 21 heavy (non-hydrogen) atoms. The van der Waals surface area contributed by atoms with Crippen molar-refractivity contribution in [3.05, 3.63) is 58.4 Å². The van der Waals surface area contributed by atoms with Crippen molar-refractivity contribution in [2.75, 3.05) is 11.9 Å². The first kappa shape index (κ1) is 15.3. The average Bonchev–Trinajstić information content (AvgIpc) is 2.45. The lowest BCUT2D eigenvalue weighted by Gasteiger charge is -2.28. The summed E-state index contributed by atoms with van der Waals surface area (Å²) in [6, 6.07) is 9.33. The molecule has 2 aromatic rings. The topological polar surface area (TPSA) is 53.4 Å². The van der Waals surface area contributed by atoms with Gasteiger partial charge in [0.05, 0.1) is 11.7 Å². The highest BCUT2D eigenvalue weighted by atomic mass is 35.5. The summed E-state index contributed by atoms with van der Waals surface area (Å²) in [6.07, 6.45) is 1.40. The number of aryl methyl sites for hydroxylation is 1. The fourth-order valence-corrected chi connectivity index (χ4v) is 2.40. The van der Waals surface area contributed by atoms with Gasteiger partial charge in [0.15, 0.2) is 0 Å². The molecule has 0 spiro atoms. The van der Waals surface area contributed by atoms with E-state index in [1.54, 1.807) is 6.07 Å². The maximum atomic E-state index is 11.4. The van der Waals surface area contributed by atoms with Crippen molar-refractivity contribution in [3.8, 4) is 0 Å². The summed E-state index contributed by atoms with van der Waals surface area (Å²) in [5, 5.41) is 9.98. The highest BCUT2D eigenvalue weighted by Crippen LogP contribution is 2.29. The summed E-state index contributed by atoms with van der Waals surface area (Å²) < 4.78 is 0. The zero-order chi connectivity index (χ0) is 15.6. The van der Waals surface area contributed by atoms with Gasteiger partial charge in [0, 0.05) is 24.0 Å². The van der Waals surface area contributed by atoms with E-state index < -0.39 is 5.97 Å². The van der Waals surface area contributed by atoms with E-state index in [2.05, 4.69) is 4.98 Å². The zero-order valence-corrected chi connectivity index (χ0v) is 12.9. The number of carboxylic acid groups (broad SMARTS) is 1. The minimum atomic E-state index is -0.984. The van der Waals surface area contributed by atoms with E-state index in [-0.39, 0.29) is 11.6 Å². The fourth-order valence-electron chi connectivity index (χ4n) is 2.20. The van der Waals surface area contributed by atoms with Gasteiger partial charge in [-0.25, -0.2) is 4.79 Å². The summed E-state index contributed by atoms with van der Waals surface area (Å²) in [7, 11) is 1.87. The van der Waals surface area contributed by atoms with Crippen molar-refractivity contribution in [1.29, 1.82) is 0 Å². The predicted octanol–water partition coefficient (Wildman–Crippen LogP) is 3.94. The van der Waals surface area contributed by atoms with Crippen molar-refractivity contribution in [3.63, 3.8) is 0 Å². The Kier molecular flexibility index (Phi) is 4.48. The zero-order valence-electron chi connectivity index (χ0n) is 12.2. The molecule has 1 aromatic heterocycles. The maximum absolute atomic E-state index is 11.4. The number of carbonyl (C=O) groups is 1. The van der Waals surface area contributed by atoms with Gasteiger partial charge in [0.25, 0.3) is 0 Å². The second kappa shape index (κ2) is 6.14. The van der Waals surface area contributed by atoms with Crippen LogP contribution in [0.5, 0.6) is 0 Å². The fraction of sp³-hybridized carbons (Fsp3) is 0.250. The number of nitrogens with zero attached hydrogens (tertiary/aromatic N) is 2. The van der Waals surface area contributed by atoms with Crippen LogP contribution in [0.3, 0.4) is 0 Å². The number of rotatable bonds is 4. The van der Waals surface area contributed by atoms with Gasteiger partial charge in [-0.15, -0.1) is 0 Å². The Balaban J connectivity index is 2.41. The Hall–Kier alpha value is -2.07. The van der Waals surface area contributed by atoms with Crippen molar-refractivity contribution in [2.45, 2.75) is 19.9 Å². The Morgan fingerprint density at radius 2 is 2.10 bits per heavy atom. The van der Waals surface area contributed by atoms with Gasteiger partial charge >= 0.3 is 5.97 Å². The van der Waals surface area contributed by atoms with E-state index in [0.717, 1.165) is 11.3 Å². The van der Waals surface area contributed by atoms with Crippen LogP contribution in [0, 0.1) is 6.92 Å². The van der Waals surface area contributed by atoms with E-state index in [4.69, 9.17) is 11.6 Å². The Bertz CT molecular complexity index is 673. The van der Waals surface area contributed by atoms with E-state index >= 15 is 0 Å². The molecule has 1 aromatic carbocycles. The third kappa shape index (κ3) is 3.34. The number of carboxylic acids is 1. The molecule has 0 saturated heterocycles. The first-order chi connectivity index (χ1) is 9.90. The molecule has 0 aliphatic carbocycles. The number of hydrogen-bond acceptors (Lipinski definition) is 3. The van der Waals surface area contributed by atoms with Crippen LogP contribution >= 0.6 is 11.6 Å². The van der Waals surface area contributed by atoms with Gasteiger partial charge in [-0.05, 0) is 37.6 Å². The normalized spacial score (nSPS) is 12.0. The molecule has 0 bridgehead atoms. The Morgan fingerprint density at radius 1 is 1.38 bits per heavy atom. The molecule has 5 heteroatoms. The number of anilines is 1. The van der Waals surface area contributed by atoms with Gasteiger partial charge in [0.2, 0.25) is 0 Å². The van der Waals surface area contributed by atoms with Crippen LogP contribution in [0.1, 0.15) is 34.6 Å². The highest BCUT2D eigenvalue weighted by Gasteiger charge is 2.19. The molecule has 0 aliphatic rings. The van der Waals surface area contributed by atoms with Crippen LogP contribution in [0.2, 0.25) is 5.02 Å². The van der Waals surface area contributed by atoms with Crippen molar-refractivity contribution >= 4 is 23.3 Å². The van der Waals surface area contributed by atoms with Crippen LogP contribution in [-0.4, -0.2) is 23.1 Å². The van der Waals surface area contributed by atoms with Gasteiger partial charge in [-0.2, -0.15) is 0 Å². The van der Waals surface area contributed by atoms with Crippen LogP contribution in [0.4, 0.5) is 5.69 Å². The summed E-state index contributed by atoms with van der Waals surface area (Å²) in [4.78, 5) is 17.3. The largest absolute Gasteiger partial charge is 0.478 e. The SMILES string of the molecule is Cc1cc(N(C)C(C)c2cccc(Cl)c2)c(C(=O)O)cn1. The van der Waals surface area contributed by atoms with Gasteiger partial charge in [-0.1, -0.05) is 23.7 Å². The number of benzene rings is 1. The molecule has 1 heterocycles. The Morgan fingerprint density at radius 3 is 2.71 bits per heavy atom. The van der Waals surface area contributed by atoms with Crippen LogP contribution in [0.25, 0.3) is 0 Å². The summed E-state index contributed by atoms with van der Waals surface area (Å²) >= 11 is 6.02. The van der Waals surface area contributed by atoms with Crippen LogP contribution in [0.15, 0.2) is 36.5 Å². The molecular weight excluding hydrogens is 288 g/mol. The lowest BCUT2D eigenvalue weighted by Crippen LogP contribution is -2.24. The van der Waals surface area contributed by atoms with Crippen molar-refractivity contribution in [1.82, 2.24) is 4.98 Å². The van der Waals surface area contributed by atoms with E-state index in [1.807, 2.05) is 50.1 Å². The molecule has 2 rings (SSSR count). The molecule has 1 atom stereocenters. The summed E-state index contributed by atoms with van der Waals surface area (Å²) in [6.45, 7) is 3.85. The number of halogens is 1. The smallest absolute Gasteiger partial charge is 0.339 e. The second-order valence-corrected chi connectivity index (χ2v) is 5.43. The first-order valence-corrected chi connectivity index (χ1v) is 6.96. The molecule has 110 valence electrons. The maximum Gasteiger partial charge on any atom is 0.339 e. The lowest BCUT2D eigenvalue weighted by molar-refractivity contribution is 0.0697. The van der Waals surface area contributed by atoms with Crippen LogP contribution in [-0.2, 0) is 0 Å². The minimum absolute atomic E-state index is 0.0106. The molecule has 0 aliphatic heterocycles. The standard InChI is InChI=1S/C16H17ClN2O2/c1-10-7-15(14(9-18-10)16(20)21)19(3)11(2)12-5-4-6-13(17)8-12/h4-9,11H,1-3H3,(H,20,21). The molecule has 1 unspecified atom stereocenters. The van der Waals surface area contributed by atoms with Gasteiger partial charge in [0.1, 0.15) is 5.56 Å². The molecule has 0 fully saturated rings. The molecule has 1 N–H and O–H groups in total. The summed E-state index contributed by atoms with van der Waals surface area (Å²) in [5.74, 6) is -0.984. The predicted molar refractivity (Wildman–Crippen MR) is 84.2 cm³/mol. The summed E-state index contributed by atoms with van der Waals surface area (Å²) in [5.41, 5.74) is 2.63. The monoisotopic (exact) mass is 304 g/mol. The van der Waals surface area contributed by atoms with Crippen molar-refractivity contribution in [2.24, 2.45) is 0 Å². The molecule has 0 saturated carbocycles. The second-order valence-electron chi connectivity index (χ2n) is 4.99. The van der Waals surface area contributed by atoms with E-state index in [9.17, 15) is 9.90 Å². The number of aromatic nitrogens is 1. The molecule has 0 amide bonds. The third-order valence-corrected chi connectivity index (χ3v) is 3.78. The number of pyridine rings is 1. The van der Waals surface area contributed by atoms with Gasteiger partial charge in [-0.3, -0.25) is 4.98 Å². The van der Waals surface area contributed by atoms with Gasteiger partial charge < -0.3 is 10.0 Å². The third-order valence-electron chi connectivity index (χ3n) is 3.54. The quantitative estimate of drug-likeness (QED) is 0.929. The Labute approximate surface area is 129 Å². The van der Waals surface area contributed by atoms with Crippen molar-refractivity contribution < 1.29 is 9.90 Å². The molecule has 4 nitrogen and oxygen atoms in total. The number of hydrogen-bond donors (Lipinski definition) is 1. The van der Waals surface area contributed by atoms with E-state index in [0.29, 0.717) is 10.7 Å².